The second kappa shape index (κ2) is 6.34. The van der Waals surface area contributed by atoms with Gasteiger partial charge in [0.1, 0.15) is 6.10 Å². The Balaban J connectivity index is 0.000000383. The number of hydrogen-bond donors (Lipinski definition) is 1. The van der Waals surface area contributed by atoms with Crippen LogP contribution < -0.4 is 0 Å². The van der Waals surface area contributed by atoms with Crippen LogP contribution in [0.4, 0.5) is 0 Å². The van der Waals surface area contributed by atoms with Gasteiger partial charge in [0.2, 0.25) is 0 Å². The van der Waals surface area contributed by atoms with Crippen molar-refractivity contribution in [1.82, 2.24) is 0 Å². The van der Waals surface area contributed by atoms with Crippen LogP contribution in [0.2, 0.25) is 0 Å². The van der Waals surface area contributed by atoms with E-state index < -0.39 is 5.97 Å². The van der Waals surface area contributed by atoms with Crippen LogP contribution in [0.3, 0.4) is 0 Å². The van der Waals surface area contributed by atoms with Crippen molar-refractivity contribution in [2.24, 2.45) is 40.9 Å². The van der Waals surface area contributed by atoms with Crippen LogP contribution >= 0.6 is 0 Å². The van der Waals surface area contributed by atoms with E-state index >= 15 is 0 Å². The van der Waals surface area contributed by atoms with Gasteiger partial charge in [-0.15, -0.1) is 0 Å². The van der Waals surface area contributed by atoms with Gasteiger partial charge in [0, 0.05) is 6.92 Å². The molecule has 4 aliphatic carbocycles. The molecule has 0 saturated heterocycles. The van der Waals surface area contributed by atoms with Crippen LogP contribution in [-0.2, 0) is 14.3 Å². The third-order valence-corrected chi connectivity index (χ3v) is 7.37. The number of carboxylic acids is 1. The highest BCUT2D eigenvalue weighted by Gasteiger charge is 2.63. The number of carbonyl (C=O) groups is 2. The molecule has 4 aliphatic rings. The quantitative estimate of drug-likeness (QED) is 0.622. The number of aliphatic carboxylic acids is 1. The van der Waals surface area contributed by atoms with E-state index in [-0.39, 0.29) is 17.5 Å². The molecule has 0 amide bonds. The first-order valence-electron chi connectivity index (χ1n) is 9.65. The van der Waals surface area contributed by atoms with Gasteiger partial charge in [0.25, 0.3) is 5.97 Å². The molecule has 24 heavy (non-hydrogen) atoms. The molecular weight excluding hydrogens is 304 g/mol. The summed E-state index contributed by atoms with van der Waals surface area (Å²) in [6.07, 6.45) is 8.07. The standard InChI is InChI=1S/C18H28O2.C2H4O2/c1-4-18(2,3)17(19)20-14-9-12-8-13(14)16-11-6-5-10(7-11)15(12)16;1-2(3)4/h10-16H,4-9H2,1-3H3;1H3,(H,3,4). The Bertz CT molecular complexity index is 508. The van der Waals surface area contributed by atoms with Crippen LogP contribution in [0, 0.1) is 40.9 Å². The van der Waals surface area contributed by atoms with Crippen molar-refractivity contribution in [3.63, 3.8) is 0 Å². The van der Waals surface area contributed by atoms with Gasteiger partial charge in [-0.1, -0.05) is 6.92 Å². The maximum absolute atomic E-state index is 12.4. The molecule has 0 spiro atoms. The summed E-state index contributed by atoms with van der Waals surface area (Å²) in [4.78, 5) is 21.4. The minimum atomic E-state index is -0.833. The molecule has 7 atom stereocenters. The Labute approximate surface area is 145 Å². The van der Waals surface area contributed by atoms with E-state index in [0.717, 1.165) is 42.9 Å². The molecule has 4 saturated carbocycles. The monoisotopic (exact) mass is 336 g/mol. The van der Waals surface area contributed by atoms with E-state index in [0.29, 0.717) is 5.92 Å². The average molecular weight is 336 g/mol. The van der Waals surface area contributed by atoms with Crippen LogP contribution in [0.1, 0.15) is 66.2 Å². The lowest BCUT2D eigenvalue weighted by Gasteiger charge is -2.39. The number of carbonyl (C=O) groups excluding carboxylic acids is 1. The van der Waals surface area contributed by atoms with Crippen molar-refractivity contribution in [1.29, 1.82) is 0 Å². The predicted molar refractivity (Wildman–Crippen MR) is 91.3 cm³/mol. The van der Waals surface area contributed by atoms with Crippen LogP contribution in [0.25, 0.3) is 0 Å². The van der Waals surface area contributed by atoms with Gasteiger partial charge in [-0.3, -0.25) is 9.59 Å². The largest absolute Gasteiger partial charge is 0.481 e. The van der Waals surface area contributed by atoms with Crippen molar-refractivity contribution in [2.45, 2.75) is 72.3 Å². The molecule has 1 N–H and O–H groups in total. The molecule has 4 heteroatoms. The maximum atomic E-state index is 12.4. The topological polar surface area (TPSA) is 63.6 Å². The lowest BCUT2D eigenvalue weighted by molar-refractivity contribution is -0.164. The molecular formula is C20H32O4. The Morgan fingerprint density at radius 3 is 2.21 bits per heavy atom. The molecule has 0 radical (unpaired) electrons. The second-order valence-electron chi connectivity index (χ2n) is 9.08. The number of rotatable bonds is 3. The summed E-state index contributed by atoms with van der Waals surface area (Å²) in [5.41, 5.74) is -0.310. The highest BCUT2D eigenvalue weighted by Crippen LogP contribution is 2.67. The normalized spacial score (nSPS) is 41.6. The molecule has 0 heterocycles. The smallest absolute Gasteiger partial charge is 0.311 e. The fraction of sp³-hybridized carbons (Fsp3) is 0.900. The molecule has 4 fully saturated rings. The maximum Gasteiger partial charge on any atom is 0.311 e. The van der Waals surface area contributed by atoms with E-state index in [2.05, 4.69) is 6.92 Å². The SMILES string of the molecule is CC(=O)O.CCC(C)(C)C(=O)OC1CC2CC1C1C3CCC(C3)C21. The molecule has 0 aromatic carbocycles. The van der Waals surface area contributed by atoms with Gasteiger partial charge in [-0.05, 0) is 87.9 Å². The van der Waals surface area contributed by atoms with E-state index in [1.807, 2.05) is 13.8 Å². The van der Waals surface area contributed by atoms with Crippen LogP contribution in [-0.4, -0.2) is 23.1 Å². The fourth-order valence-corrected chi connectivity index (χ4v) is 6.08. The summed E-state index contributed by atoms with van der Waals surface area (Å²) in [6, 6.07) is 0. The van der Waals surface area contributed by atoms with Crippen LogP contribution in [0.15, 0.2) is 0 Å². The minimum absolute atomic E-state index is 0.0391. The molecule has 0 aliphatic heterocycles. The molecule has 4 bridgehead atoms. The number of fused-ring (bicyclic) bond motifs is 9. The number of carboxylic acid groups (broad SMARTS) is 1. The third kappa shape index (κ3) is 2.97. The van der Waals surface area contributed by atoms with Gasteiger partial charge in [0.15, 0.2) is 0 Å². The van der Waals surface area contributed by atoms with Crippen molar-refractivity contribution in [2.75, 3.05) is 0 Å². The summed E-state index contributed by atoms with van der Waals surface area (Å²) in [5, 5.41) is 7.42. The van der Waals surface area contributed by atoms with E-state index in [9.17, 15) is 4.79 Å². The lowest BCUT2D eigenvalue weighted by Crippen LogP contribution is -2.39. The van der Waals surface area contributed by atoms with Gasteiger partial charge >= 0.3 is 5.97 Å². The Kier molecular flexibility index (Phi) is 4.69. The minimum Gasteiger partial charge on any atom is -0.481 e. The van der Waals surface area contributed by atoms with Gasteiger partial charge in [-0.2, -0.15) is 0 Å². The van der Waals surface area contributed by atoms with E-state index in [1.165, 1.54) is 32.1 Å². The Hall–Kier alpha value is -1.06. The predicted octanol–water partition coefficient (Wildman–Crippen LogP) is 4.13. The third-order valence-electron chi connectivity index (χ3n) is 7.37. The zero-order chi connectivity index (χ0) is 17.6. The average Bonchev–Trinajstić information content (AvgIpc) is 3.24. The van der Waals surface area contributed by atoms with E-state index in [1.54, 1.807) is 0 Å². The summed E-state index contributed by atoms with van der Waals surface area (Å²) in [7, 11) is 0. The summed E-state index contributed by atoms with van der Waals surface area (Å²) < 4.78 is 5.98. The lowest BCUT2D eigenvalue weighted by atomic mass is 9.70. The van der Waals surface area contributed by atoms with Crippen molar-refractivity contribution in [3.05, 3.63) is 0 Å². The first-order valence-corrected chi connectivity index (χ1v) is 9.65. The molecule has 136 valence electrons. The second-order valence-corrected chi connectivity index (χ2v) is 9.08. The fourth-order valence-electron chi connectivity index (χ4n) is 6.08. The molecule has 0 aromatic rings. The Morgan fingerprint density at radius 2 is 1.62 bits per heavy atom. The highest BCUT2D eigenvalue weighted by molar-refractivity contribution is 5.76. The molecule has 4 rings (SSSR count). The van der Waals surface area contributed by atoms with Crippen molar-refractivity contribution < 1.29 is 19.4 Å². The summed E-state index contributed by atoms with van der Waals surface area (Å²) in [5.74, 6) is 4.71. The zero-order valence-electron chi connectivity index (χ0n) is 15.5. The molecule has 4 nitrogen and oxygen atoms in total. The molecule has 7 unspecified atom stereocenters. The number of ether oxygens (including phenoxy) is 1. The van der Waals surface area contributed by atoms with Crippen LogP contribution in [0.5, 0.6) is 0 Å². The summed E-state index contributed by atoms with van der Waals surface area (Å²) in [6.45, 7) is 7.19. The number of hydrogen-bond acceptors (Lipinski definition) is 3. The first-order chi connectivity index (χ1) is 11.2. The highest BCUT2D eigenvalue weighted by atomic mass is 16.5. The zero-order valence-corrected chi connectivity index (χ0v) is 15.5. The molecule has 0 aromatic heterocycles. The van der Waals surface area contributed by atoms with E-state index in [4.69, 9.17) is 14.6 Å². The first kappa shape index (κ1) is 17.8. The Morgan fingerprint density at radius 1 is 1.04 bits per heavy atom. The van der Waals surface area contributed by atoms with Crippen molar-refractivity contribution in [3.8, 4) is 0 Å². The van der Waals surface area contributed by atoms with Gasteiger partial charge in [0.05, 0.1) is 5.41 Å². The van der Waals surface area contributed by atoms with Crippen molar-refractivity contribution >= 4 is 11.9 Å². The number of esters is 1. The van der Waals surface area contributed by atoms with Gasteiger partial charge in [-0.25, -0.2) is 0 Å². The summed E-state index contributed by atoms with van der Waals surface area (Å²) >= 11 is 0. The van der Waals surface area contributed by atoms with Gasteiger partial charge < -0.3 is 9.84 Å².